The molecule has 1 radical (unpaired) electrons. The van der Waals surface area contributed by atoms with Gasteiger partial charge in [-0.25, -0.2) is 4.79 Å². The van der Waals surface area contributed by atoms with Gasteiger partial charge in [0.05, 0.1) is 21.1 Å². The van der Waals surface area contributed by atoms with E-state index in [0.29, 0.717) is 12.2 Å². The molecule has 0 aliphatic heterocycles. The molecule has 0 bridgehead atoms. The van der Waals surface area contributed by atoms with Crippen LogP contribution in [0.3, 0.4) is 0 Å². The molecule has 0 rings (SSSR count). The molecular weight excluding hydrogens is 213 g/mol. The van der Waals surface area contributed by atoms with Crippen LogP contribution in [0.1, 0.15) is 6.92 Å². The fourth-order valence-electron chi connectivity index (χ4n) is 0.535. The van der Waals surface area contributed by atoms with E-state index in [2.05, 4.69) is 27.7 Å². The number of halogens is 1. The first-order chi connectivity index (χ1) is 5.33. The van der Waals surface area contributed by atoms with E-state index >= 15 is 0 Å². The first kappa shape index (κ1) is 19.9. The fraction of sp³-hybridized carbons (Fsp3) is 0.667. The Labute approximate surface area is 115 Å². The number of ether oxygens (including phenoxy) is 1. The van der Waals surface area contributed by atoms with Crippen molar-refractivity contribution in [2.45, 2.75) is 6.92 Å². The second-order valence-electron chi connectivity index (χ2n) is 3.93. The van der Waals surface area contributed by atoms with Crippen LogP contribution in [-0.2, 0) is 9.53 Å². The molecule has 0 atom stereocenters. The van der Waals surface area contributed by atoms with Crippen LogP contribution in [0.5, 0.6) is 0 Å². The minimum absolute atomic E-state index is 0. The molecule has 79 valence electrons. The molecule has 0 aromatic rings. The molecule has 0 saturated carbocycles. The molecule has 0 fully saturated rings. The summed E-state index contributed by atoms with van der Waals surface area (Å²) in [5.41, 5.74) is 0.455. The van der Waals surface area contributed by atoms with Gasteiger partial charge in [-0.15, -0.1) is 0 Å². The maximum Gasteiger partial charge on any atom is 0.333 e. The van der Waals surface area contributed by atoms with Crippen molar-refractivity contribution in [3.8, 4) is 0 Å². The number of carbonyl (C=O) groups is 1. The third-order valence-corrected chi connectivity index (χ3v) is 1.34. The molecule has 0 spiro atoms. The average molecular weight is 231 g/mol. The Balaban J connectivity index is -0.000000605. The molecule has 0 aliphatic rings. The Kier molecular flexibility index (Phi) is 12.5. The summed E-state index contributed by atoms with van der Waals surface area (Å²) >= 11 is 0. The smallest absolute Gasteiger partial charge is 0.333 e. The van der Waals surface area contributed by atoms with Crippen molar-refractivity contribution >= 4 is 35.5 Å². The molecule has 0 aromatic carbocycles. The van der Waals surface area contributed by atoms with E-state index in [9.17, 15) is 4.79 Å². The molecule has 0 amide bonds. The molecule has 0 aromatic heterocycles. The van der Waals surface area contributed by atoms with Gasteiger partial charge in [-0.1, -0.05) is 6.58 Å². The number of rotatable bonds is 4. The van der Waals surface area contributed by atoms with Crippen molar-refractivity contribution in [1.29, 1.82) is 0 Å². The molecule has 0 heterocycles. The number of hydrogen-bond donors (Lipinski definition) is 0. The number of likely N-dealkylation sites (N-methyl/N-ethyl adjacent to an activating group) is 1. The molecule has 0 aliphatic carbocycles. The van der Waals surface area contributed by atoms with Crippen molar-refractivity contribution in [3.63, 3.8) is 0 Å². The van der Waals surface area contributed by atoms with Crippen LogP contribution in [0.15, 0.2) is 12.2 Å². The minimum atomic E-state index is -0.302. The minimum Gasteiger partial charge on any atom is -1.00 e. The van der Waals surface area contributed by atoms with E-state index < -0.39 is 0 Å². The number of nitrogens with zero attached hydrogens (tertiary/aromatic N) is 1. The van der Waals surface area contributed by atoms with Crippen molar-refractivity contribution in [3.05, 3.63) is 12.2 Å². The zero-order valence-electron chi connectivity index (χ0n) is 9.76. The monoisotopic (exact) mass is 230 g/mol. The van der Waals surface area contributed by atoms with Gasteiger partial charge in [0, 0.05) is 35.1 Å². The Morgan fingerprint density at radius 3 is 2.07 bits per heavy atom. The summed E-state index contributed by atoms with van der Waals surface area (Å²) in [4.78, 5) is 10.9. The number of esters is 1. The molecule has 0 unspecified atom stereocenters. The van der Waals surface area contributed by atoms with Crippen molar-refractivity contribution in [1.82, 2.24) is 0 Å². The quantitative estimate of drug-likeness (QED) is 0.230. The van der Waals surface area contributed by atoms with Gasteiger partial charge in [-0.2, -0.15) is 0 Å². The Hall–Kier alpha value is 0.460. The van der Waals surface area contributed by atoms with E-state index in [1.54, 1.807) is 6.92 Å². The molecule has 5 heteroatoms. The Morgan fingerprint density at radius 1 is 1.36 bits per heavy atom. The second-order valence-corrected chi connectivity index (χ2v) is 3.93. The molecule has 14 heavy (non-hydrogen) atoms. The number of hydrogen-bond acceptors (Lipinski definition) is 2. The molecule has 3 nitrogen and oxygen atoms in total. The van der Waals surface area contributed by atoms with Gasteiger partial charge in [0.25, 0.3) is 0 Å². The van der Waals surface area contributed by atoms with E-state index in [0.717, 1.165) is 11.0 Å². The van der Waals surface area contributed by atoms with Crippen molar-refractivity contribution < 1.29 is 26.4 Å². The van der Waals surface area contributed by atoms with Crippen LogP contribution < -0.4 is 12.4 Å². The van der Waals surface area contributed by atoms with Crippen molar-refractivity contribution in [2.75, 3.05) is 34.3 Å². The van der Waals surface area contributed by atoms with Crippen LogP contribution in [0.2, 0.25) is 0 Å². The van der Waals surface area contributed by atoms with Crippen LogP contribution >= 0.6 is 0 Å². The normalized spacial score (nSPS) is 9.43. The average Bonchev–Trinajstić information content (AvgIpc) is 1.84. The van der Waals surface area contributed by atoms with E-state index in [1.165, 1.54) is 0 Å². The van der Waals surface area contributed by atoms with E-state index in [1.807, 2.05) is 0 Å². The molecule has 0 saturated heterocycles. The predicted molar refractivity (Wildman–Crippen MR) is 54.4 cm³/mol. The molecule has 0 N–H and O–H groups in total. The van der Waals surface area contributed by atoms with Gasteiger partial charge in [-0.3, -0.25) is 0 Å². The summed E-state index contributed by atoms with van der Waals surface area (Å²) in [5.74, 6) is -0.302. The SMILES string of the molecule is C=C(C)C(=O)OCC[N+](C)(C)C.[Cl-].[Na]. The largest absolute Gasteiger partial charge is 1.00 e. The third kappa shape index (κ3) is 12.5. The van der Waals surface area contributed by atoms with Crippen LogP contribution in [-0.4, -0.2) is 74.3 Å². The zero-order chi connectivity index (χ0) is 9.78. The van der Waals surface area contributed by atoms with Crippen LogP contribution in [0.4, 0.5) is 0 Å². The Morgan fingerprint density at radius 2 is 1.79 bits per heavy atom. The zero-order valence-corrected chi connectivity index (χ0v) is 12.5. The van der Waals surface area contributed by atoms with Crippen LogP contribution in [0.25, 0.3) is 0 Å². The summed E-state index contributed by atoms with van der Waals surface area (Å²) in [6.45, 7) is 6.41. The first-order valence-corrected chi connectivity index (χ1v) is 3.96. The fourth-order valence-corrected chi connectivity index (χ4v) is 0.535. The maximum absolute atomic E-state index is 10.9. The standard InChI is InChI=1S/C9H18NO2.ClH.Na/c1-8(2)9(11)12-7-6-10(3,4)5;;/h1,6-7H2,2-5H3;1H;/q+1;;/p-1. The van der Waals surface area contributed by atoms with Gasteiger partial charge >= 0.3 is 5.97 Å². The number of quaternary nitrogens is 1. The maximum atomic E-state index is 10.9. The van der Waals surface area contributed by atoms with Gasteiger partial charge in [0.1, 0.15) is 13.2 Å². The predicted octanol–water partition coefficient (Wildman–Crippen LogP) is -2.56. The van der Waals surface area contributed by atoms with Gasteiger partial charge in [-0.05, 0) is 6.92 Å². The Bertz CT molecular complexity index is 190. The summed E-state index contributed by atoms with van der Waals surface area (Å²) in [5, 5.41) is 0. The van der Waals surface area contributed by atoms with E-state index in [-0.39, 0.29) is 47.9 Å². The summed E-state index contributed by atoms with van der Waals surface area (Å²) in [6.07, 6.45) is 0. The van der Waals surface area contributed by atoms with E-state index in [4.69, 9.17) is 4.74 Å². The number of carbonyl (C=O) groups excluding carboxylic acids is 1. The first-order valence-electron chi connectivity index (χ1n) is 3.96. The van der Waals surface area contributed by atoms with Crippen LogP contribution in [0, 0.1) is 0 Å². The summed E-state index contributed by atoms with van der Waals surface area (Å²) < 4.78 is 5.72. The summed E-state index contributed by atoms with van der Waals surface area (Å²) in [7, 11) is 6.15. The second kappa shape index (κ2) is 8.74. The topological polar surface area (TPSA) is 26.3 Å². The van der Waals surface area contributed by atoms with Crippen molar-refractivity contribution in [2.24, 2.45) is 0 Å². The summed E-state index contributed by atoms with van der Waals surface area (Å²) in [6, 6.07) is 0. The molecular formula is C9H18ClNNaO2. The van der Waals surface area contributed by atoms with Gasteiger partial charge < -0.3 is 21.6 Å². The third-order valence-electron chi connectivity index (χ3n) is 1.34. The van der Waals surface area contributed by atoms with Gasteiger partial charge in [0.15, 0.2) is 0 Å². The van der Waals surface area contributed by atoms with Gasteiger partial charge in [0.2, 0.25) is 0 Å².